The van der Waals surface area contributed by atoms with Crippen LogP contribution in [0, 0.1) is 11.3 Å². The van der Waals surface area contributed by atoms with Crippen molar-refractivity contribution in [3.8, 4) is 11.8 Å². The molecule has 1 aromatic carbocycles. The van der Waals surface area contributed by atoms with Crippen molar-refractivity contribution < 1.29 is 14.6 Å². The normalized spacial score (nSPS) is 19.3. The molecule has 2 aromatic rings. The van der Waals surface area contributed by atoms with Gasteiger partial charge in [-0.2, -0.15) is 5.26 Å². The Hall–Kier alpha value is -2.78. The van der Waals surface area contributed by atoms with Crippen molar-refractivity contribution in [3.63, 3.8) is 0 Å². The molecule has 1 aliphatic rings. The number of aromatic nitrogens is 1. The first-order chi connectivity index (χ1) is 12.0. The van der Waals surface area contributed by atoms with Crippen molar-refractivity contribution in [2.75, 3.05) is 13.7 Å². The van der Waals surface area contributed by atoms with Crippen LogP contribution in [0.15, 0.2) is 36.5 Å². The van der Waals surface area contributed by atoms with Crippen LogP contribution in [0.25, 0.3) is 0 Å². The zero-order chi connectivity index (χ0) is 18.0. The zero-order valence-corrected chi connectivity index (χ0v) is 14.3. The van der Waals surface area contributed by atoms with Gasteiger partial charge in [0, 0.05) is 12.7 Å². The third-order valence-electron chi connectivity index (χ3n) is 4.89. The second-order valence-corrected chi connectivity index (χ2v) is 6.45. The van der Waals surface area contributed by atoms with Gasteiger partial charge in [0.25, 0.3) is 5.91 Å². The van der Waals surface area contributed by atoms with E-state index in [0.717, 1.165) is 24.2 Å². The molecule has 1 fully saturated rings. The lowest BCUT2D eigenvalue weighted by Crippen LogP contribution is -2.48. The third kappa shape index (κ3) is 3.11. The molecule has 1 aliphatic heterocycles. The van der Waals surface area contributed by atoms with Gasteiger partial charge in [0.2, 0.25) is 0 Å². The molecule has 25 heavy (non-hydrogen) atoms. The molecule has 6 nitrogen and oxygen atoms in total. The lowest BCUT2D eigenvalue weighted by molar-refractivity contribution is -0.0177. The van der Waals surface area contributed by atoms with Crippen LogP contribution in [0.1, 0.15) is 41.4 Å². The Kier molecular flexibility index (Phi) is 4.51. The molecular weight excluding hydrogens is 318 g/mol. The summed E-state index contributed by atoms with van der Waals surface area (Å²) in [7, 11) is 1.59. The summed E-state index contributed by atoms with van der Waals surface area (Å²) in [4.78, 5) is 17.3. The van der Waals surface area contributed by atoms with Gasteiger partial charge in [0.15, 0.2) is 0 Å². The predicted molar refractivity (Wildman–Crippen MR) is 92.1 cm³/mol. The molecule has 0 spiro atoms. The number of carbonyl (C=O) groups is 1. The van der Waals surface area contributed by atoms with Gasteiger partial charge in [-0.1, -0.05) is 12.1 Å². The number of nitriles is 1. The van der Waals surface area contributed by atoms with E-state index in [0.29, 0.717) is 17.8 Å². The van der Waals surface area contributed by atoms with Crippen molar-refractivity contribution in [3.05, 3.63) is 53.3 Å². The molecule has 0 aliphatic carbocycles. The van der Waals surface area contributed by atoms with E-state index in [2.05, 4.69) is 4.98 Å². The zero-order valence-electron chi connectivity index (χ0n) is 14.3. The fraction of sp³-hybridized carbons (Fsp3) is 0.368. The van der Waals surface area contributed by atoms with Gasteiger partial charge in [-0.15, -0.1) is 0 Å². The maximum atomic E-state index is 12.8. The number of likely N-dealkylation sites (tertiary alicyclic amines) is 1. The molecule has 2 heterocycles. The standard InChI is InChI=1S/C19H21N3O3/c1-19(24,14-5-7-16(25-2)8-6-14)17-4-3-9-22(17)18(23)13-10-15(11-20)21-12-13/h5-8,10,12,17,21,24H,3-4,9H2,1-2H3. The Morgan fingerprint density at radius 1 is 1.44 bits per heavy atom. The van der Waals surface area contributed by atoms with Crippen LogP contribution < -0.4 is 4.74 Å². The van der Waals surface area contributed by atoms with Crippen molar-refractivity contribution in [1.29, 1.82) is 5.26 Å². The summed E-state index contributed by atoms with van der Waals surface area (Å²) in [5.41, 5.74) is 0.354. The summed E-state index contributed by atoms with van der Waals surface area (Å²) in [6.07, 6.45) is 3.09. The van der Waals surface area contributed by atoms with Crippen LogP contribution in [-0.4, -0.2) is 40.6 Å². The Morgan fingerprint density at radius 2 is 2.16 bits per heavy atom. The second-order valence-electron chi connectivity index (χ2n) is 6.45. The molecule has 6 heteroatoms. The smallest absolute Gasteiger partial charge is 0.255 e. The number of amides is 1. The van der Waals surface area contributed by atoms with Gasteiger partial charge >= 0.3 is 0 Å². The third-order valence-corrected chi connectivity index (χ3v) is 4.89. The van der Waals surface area contributed by atoms with Gasteiger partial charge in [-0.25, -0.2) is 0 Å². The Bertz CT molecular complexity index is 802. The highest BCUT2D eigenvalue weighted by atomic mass is 16.5. The molecule has 0 radical (unpaired) electrons. The summed E-state index contributed by atoms with van der Waals surface area (Å²) in [5.74, 6) is 0.546. The van der Waals surface area contributed by atoms with Crippen LogP contribution >= 0.6 is 0 Å². The Morgan fingerprint density at radius 3 is 2.76 bits per heavy atom. The lowest BCUT2D eigenvalue weighted by atomic mass is 9.86. The molecule has 0 bridgehead atoms. The number of ether oxygens (including phenoxy) is 1. The molecule has 1 aromatic heterocycles. The highest BCUT2D eigenvalue weighted by Gasteiger charge is 2.42. The first kappa shape index (κ1) is 17.1. The van der Waals surface area contributed by atoms with Gasteiger partial charge < -0.3 is 19.7 Å². The van der Waals surface area contributed by atoms with E-state index in [1.54, 1.807) is 43.3 Å². The van der Waals surface area contributed by atoms with E-state index in [9.17, 15) is 9.90 Å². The van der Waals surface area contributed by atoms with E-state index < -0.39 is 5.60 Å². The topological polar surface area (TPSA) is 89.3 Å². The molecule has 130 valence electrons. The summed E-state index contributed by atoms with van der Waals surface area (Å²) >= 11 is 0. The molecule has 1 saturated heterocycles. The fourth-order valence-corrected chi connectivity index (χ4v) is 3.46. The van der Waals surface area contributed by atoms with Crippen molar-refractivity contribution in [2.45, 2.75) is 31.4 Å². The van der Waals surface area contributed by atoms with Crippen LogP contribution in [0.2, 0.25) is 0 Å². The largest absolute Gasteiger partial charge is 0.497 e. The summed E-state index contributed by atoms with van der Waals surface area (Å²) in [6, 6.07) is 10.5. The number of benzene rings is 1. The fourth-order valence-electron chi connectivity index (χ4n) is 3.46. The summed E-state index contributed by atoms with van der Waals surface area (Å²) in [6.45, 7) is 2.33. The molecule has 2 N–H and O–H groups in total. The first-order valence-electron chi connectivity index (χ1n) is 8.23. The van der Waals surface area contributed by atoms with E-state index in [1.165, 1.54) is 0 Å². The minimum Gasteiger partial charge on any atom is -0.497 e. The van der Waals surface area contributed by atoms with Crippen LogP contribution in [0.4, 0.5) is 0 Å². The van der Waals surface area contributed by atoms with E-state index in [4.69, 9.17) is 10.00 Å². The van der Waals surface area contributed by atoms with Gasteiger partial charge in [0.05, 0.1) is 18.7 Å². The van der Waals surface area contributed by atoms with Crippen LogP contribution in [0.5, 0.6) is 5.75 Å². The van der Waals surface area contributed by atoms with E-state index in [-0.39, 0.29) is 11.9 Å². The average molecular weight is 339 g/mol. The van der Waals surface area contributed by atoms with E-state index >= 15 is 0 Å². The van der Waals surface area contributed by atoms with E-state index in [1.807, 2.05) is 18.2 Å². The minimum absolute atomic E-state index is 0.172. The average Bonchev–Trinajstić information content (AvgIpc) is 3.30. The minimum atomic E-state index is -1.17. The highest BCUT2D eigenvalue weighted by molar-refractivity contribution is 5.95. The number of carbonyl (C=O) groups excluding carboxylic acids is 1. The maximum absolute atomic E-state index is 12.8. The van der Waals surface area contributed by atoms with Crippen molar-refractivity contribution >= 4 is 5.91 Å². The number of rotatable bonds is 4. The lowest BCUT2D eigenvalue weighted by Gasteiger charge is -2.37. The molecule has 0 saturated carbocycles. The van der Waals surface area contributed by atoms with Gasteiger partial charge in [-0.3, -0.25) is 4.79 Å². The van der Waals surface area contributed by atoms with Crippen molar-refractivity contribution in [1.82, 2.24) is 9.88 Å². The number of hydrogen-bond donors (Lipinski definition) is 2. The molecule has 2 unspecified atom stereocenters. The van der Waals surface area contributed by atoms with Crippen LogP contribution in [-0.2, 0) is 5.60 Å². The SMILES string of the molecule is COc1ccc(C(C)(O)C2CCCN2C(=O)c2c[nH]c(C#N)c2)cc1. The predicted octanol–water partition coefficient (Wildman–Crippen LogP) is 2.41. The van der Waals surface area contributed by atoms with Crippen LogP contribution in [0.3, 0.4) is 0 Å². The first-order valence-corrected chi connectivity index (χ1v) is 8.23. The number of aliphatic hydroxyl groups is 1. The quantitative estimate of drug-likeness (QED) is 0.895. The molecule has 3 rings (SSSR count). The Balaban J connectivity index is 1.86. The monoisotopic (exact) mass is 339 g/mol. The molecule has 1 amide bonds. The number of nitrogens with zero attached hydrogens (tertiary/aromatic N) is 2. The summed E-state index contributed by atoms with van der Waals surface area (Å²) in [5, 5.41) is 20.1. The number of nitrogens with one attached hydrogen (secondary N) is 1. The molecular formula is C19H21N3O3. The number of hydrogen-bond acceptors (Lipinski definition) is 4. The summed E-state index contributed by atoms with van der Waals surface area (Å²) < 4.78 is 5.16. The Labute approximate surface area is 146 Å². The number of methoxy groups -OCH3 is 1. The maximum Gasteiger partial charge on any atom is 0.255 e. The number of H-pyrrole nitrogens is 1. The highest BCUT2D eigenvalue weighted by Crippen LogP contribution is 2.36. The molecule has 2 atom stereocenters. The second kappa shape index (κ2) is 6.61. The van der Waals surface area contributed by atoms with Gasteiger partial charge in [-0.05, 0) is 43.5 Å². The van der Waals surface area contributed by atoms with Gasteiger partial charge in [0.1, 0.15) is 23.1 Å². The number of aromatic amines is 1. The van der Waals surface area contributed by atoms with Crippen molar-refractivity contribution in [2.24, 2.45) is 0 Å².